The van der Waals surface area contributed by atoms with Crippen LogP contribution in [-0.2, 0) is 30.3 Å². The van der Waals surface area contributed by atoms with Crippen LogP contribution in [0.5, 0.6) is 0 Å². The average molecular weight is 682 g/mol. The van der Waals surface area contributed by atoms with E-state index in [4.69, 9.17) is 9.47 Å². The Morgan fingerprint density at radius 2 is 1.52 bits per heavy atom. The Hall–Kier alpha value is -5.22. The van der Waals surface area contributed by atoms with Crippen molar-refractivity contribution in [1.29, 1.82) is 0 Å². The molecule has 0 aliphatic heterocycles. The van der Waals surface area contributed by atoms with Gasteiger partial charge in [0.15, 0.2) is 0 Å². The first kappa shape index (κ1) is 37.6. The minimum atomic E-state index is -0.991. The lowest BCUT2D eigenvalue weighted by molar-refractivity contribution is -0.151. The van der Waals surface area contributed by atoms with Gasteiger partial charge in [0.2, 0.25) is 11.8 Å². The monoisotopic (exact) mass is 681 g/mol. The molecule has 0 heterocycles. The Kier molecular flexibility index (Phi) is 14.4. The summed E-state index contributed by atoms with van der Waals surface area (Å²) in [5.41, 5.74) is 5.34. The Morgan fingerprint density at radius 3 is 2.14 bits per heavy atom. The molecule has 0 radical (unpaired) electrons. The van der Waals surface area contributed by atoms with Gasteiger partial charge in [0, 0.05) is 12.3 Å². The van der Waals surface area contributed by atoms with Gasteiger partial charge in [-0.25, -0.2) is 9.59 Å². The van der Waals surface area contributed by atoms with E-state index >= 15 is 0 Å². The first-order valence-electron chi connectivity index (χ1n) is 17.0. The first-order valence-corrected chi connectivity index (χ1v) is 17.0. The van der Waals surface area contributed by atoms with E-state index in [0.717, 1.165) is 27.8 Å². The van der Waals surface area contributed by atoms with Gasteiger partial charge in [-0.05, 0) is 60.4 Å². The number of hydrogen-bond donors (Lipinski definition) is 4. The highest BCUT2D eigenvalue weighted by Crippen LogP contribution is 2.44. The number of carbonyl (C=O) groups excluding carboxylic acids is 4. The van der Waals surface area contributed by atoms with Crippen LogP contribution in [0.15, 0.2) is 104 Å². The molecule has 3 aromatic carbocycles. The molecule has 0 aromatic heterocycles. The number of rotatable bonds is 19. The van der Waals surface area contributed by atoms with E-state index in [1.807, 2.05) is 66.7 Å². The van der Waals surface area contributed by atoms with Gasteiger partial charge in [0.05, 0.1) is 25.1 Å². The zero-order valence-electron chi connectivity index (χ0n) is 28.5. The van der Waals surface area contributed by atoms with E-state index < -0.39 is 42.1 Å². The maximum atomic E-state index is 13.1. The Labute approximate surface area is 294 Å². The minimum absolute atomic E-state index is 0.00771. The van der Waals surface area contributed by atoms with Crippen LogP contribution in [0.4, 0.5) is 4.79 Å². The molecule has 1 aliphatic carbocycles. The van der Waals surface area contributed by atoms with Crippen molar-refractivity contribution in [3.8, 4) is 11.1 Å². The molecule has 0 spiro atoms. The van der Waals surface area contributed by atoms with Crippen molar-refractivity contribution in [2.75, 3.05) is 19.8 Å². The fraction of sp³-hybridized carbons (Fsp3) is 0.350. The number of amides is 3. The van der Waals surface area contributed by atoms with Crippen LogP contribution in [-0.4, -0.2) is 66.9 Å². The summed E-state index contributed by atoms with van der Waals surface area (Å²) in [6.07, 6.45) is 3.03. The smallest absolute Gasteiger partial charge is 0.407 e. The second-order valence-corrected chi connectivity index (χ2v) is 12.4. The summed E-state index contributed by atoms with van der Waals surface area (Å²) in [6.45, 7) is 8.89. The number of alkyl carbamates (subject to hydrolysis) is 1. The van der Waals surface area contributed by atoms with E-state index in [1.54, 1.807) is 19.1 Å². The van der Waals surface area contributed by atoms with Crippen LogP contribution in [0, 0.1) is 5.92 Å². The summed E-state index contributed by atoms with van der Waals surface area (Å²) in [5, 5.41) is 18.0. The van der Waals surface area contributed by atoms with Crippen LogP contribution in [0.1, 0.15) is 55.2 Å². The van der Waals surface area contributed by atoms with Crippen LogP contribution in [0.25, 0.3) is 11.1 Å². The maximum Gasteiger partial charge on any atom is 0.407 e. The number of allylic oxidation sites excluding steroid dienone is 2. The van der Waals surface area contributed by atoms with Crippen molar-refractivity contribution < 1.29 is 33.8 Å². The summed E-state index contributed by atoms with van der Waals surface area (Å²) in [4.78, 5) is 51.9. The third-order valence-electron chi connectivity index (χ3n) is 8.63. The fourth-order valence-electron chi connectivity index (χ4n) is 6.08. The van der Waals surface area contributed by atoms with Crippen molar-refractivity contribution in [3.05, 3.63) is 121 Å². The zero-order chi connectivity index (χ0) is 35.9. The molecule has 4 rings (SSSR count). The number of aliphatic hydroxyl groups excluding tert-OH is 1. The number of carbonyl (C=O) groups is 4. The van der Waals surface area contributed by atoms with Crippen molar-refractivity contribution in [2.45, 2.75) is 63.1 Å². The molecular formula is C40H47N3O7. The molecule has 264 valence electrons. The third kappa shape index (κ3) is 10.6. The summed E-state index contributed by atoms with van der Waals surface area (Å²) < 4.78 is 11.2. The van der Waals surface area contributed by atoms with E-state index in [1.165, 1.54) is 0 Å². The predicted molar refractivity (Wildman–Crippen MR) is 192 cm³/mol. The molecule has 1 aliphatic rings. The van der Waals surface area contributed by atoms with Crippen molar-refractivity contribution in [3.63, 3.8) is 0 Å². The highest BCUT2D eigenvalue weighted by molar-refractivity contribution is 5.86. The molecule has 0 unspecified atom stereocenters. The van der Waals surface area contributed by atoms with Gasteiger partial charge in [-0.2, -0.15) is 0 Å². The fourth-order valence-corrected chi connectivity index (χ4v) is 6.08. The first-order chi connectivity index (χ1) is 24.2. The van der Waals surface area contributed by atoms with Gasteiger partial charge in [-0.15, -0.1) is 13.2 Å². The SMILES string of the molecule is C=CCC[C@H](NC(=O)OCC1c2ccccc2-c2ccccc21)C(=O)O[C@@H](C)CNC(=O)[C@H](CC=C)CC(=O)N[C@@H](CO)Cc1ccccc1. The topological polar surface area (TPSA) is 143 Å². The second-order valence-electron chi connectivity index (χ2n) is 12.4. The van der Waals surface area contributed by atoms with Crippen LogP contribution in [0.2, 0.25) is 0 Å². The maximum absolute atomic E-state index is 13.1. The highest BCUT2D eigenvalue weighted by Gasteiger charge is 2.30. The molecule has 0 saturated heterocycles. The Bertz CT molecular complexity index is 1580. The molecule has 4 N–H and O–H groups in total. The van der Waals surface area contributed by atoms with E-state index in [9.17, 15) is 24.3 Å². The number of benzene rings is 3. The molecule has 10 nitrogen and oxygen atoms in total. The lowest BCUT2D eigenvalue weighted by Crippen LogP contribution is -2.45. The van der Waals surface area contributed by atoms with Crippen LogP contribution < -0.4 is 16.0 Å². The molecule has 0 saturated carbocycles. The van der Waals surface area contributed by atoms with Crippen molar-refractivity contribution in [1.82, 2.24) is 16.0 Å². The van der Waals surface area contributed by atoms with E-state index in [-0.39, 0.29) is 50.8 Å². The Morgan fingerprint density at radius 1 is 0.880 bits per heavy atom. The van der Waals surface area contributed by atoms with Crippen LogP contribution >= 0.6 is 0 Å². The highest BCUT2D eigenvalue weighted by atomic mass is 16.6. The lowest BCUT2D eigenvalue weighted by atomic mass is 9.98. The summed E-state index contributed by atoms with van der Waals surface area (Å²) >= 11 is 0. The zero-order valence-corrected chi connectivity index (χ0v) is 28.5. The largest absolute Gasteiger partial charge is 0.459 e. The van der Waals surface area contributed by atoms with Crippen LogP contribution in [0.3, 0.4) is 0 Å². The van der Waals surface area contributed by atoms with Gasteiger partial charge >= 0.3 is 12.1 Å². The average Bonchev–Trinajstić information content (AvgIpc) is 3.44. The summed E-state index contributed by atoms with van der Waals surface area (Å²) in [7, 11) is 0. The van der Waals surface area contributed by atoms with Gasteiger partial charge in [-0.3, -0.25) is 9.59 Å². The minimum Gasteiger partial charge on any atom is -0.459 e. The van der Waals surface area contributed by atoms with Gasteiger partial charge in [-0.1, -0.05) is 91.0 Å². The number of hydrogen-bond acceptors (Lipinski definition) is 7. The molecule has 0 fully saturated rings. The van der Waals surface area contributed by atoms with Crippen molar-refractivity contribution in [2.24, 2.45) is 5.92 Å². The number of fused-ring (bicyclic) bond motifs is 3. The molecule has 0 bridgehead atoms. The van der Waals surface area contributed by atoms with E-state index in [0.29, 0.717) is 12.8 Å². The van der Waals surface area contributed by atoms with Crippen molar-refractivity contribution >= 4 is 23.9 Å². The molecule has 3 aromatic rings. The number of esters is 1. The summed E-state index contributed by atoms with van der Waals surface area (Å²) in [5.74, 6) is -2.27. The second kappa shape index (κ2) is 19.1. The lowest BCUT2D eigenvalue weighted by Gasteiger charge is -2.22. The molecule has 3 amide bonds. The number of ether oxygens (including phenoxy) is 2. The number of aliphatic hydroxyl groups is 1. The molecular weight excluding hydrogens is 634 g/mol. The molecule has 4 atom stereocenters. The molecule has 50 heavy (non-hydrogen) atoms. The van der Waals surface area contributed by atoms with Gasteiger partial charge in [0.1, 0.15) is 18.8 Å². The Balaban J connectivity index is 1.26. The summed E-state index contributed by atoms with van der Waals surface area (Å²) in [6, 6.07) is 24.0. The third-order valence-corrected chi connectivity index (χ3v) is 8.63. The normalized spacial score (nSPS) is 14.1. The quantitative estimate of drug-likeness (QED) is 0.101. The van der Waals surface area contributed by atoms with Gasteiger partial charge in [0.25, 0.3) is 0 Å². The standard InChI is InChI=1S/C40H47N3O7/c1-4-6-21-36(43-40(48)49-26-35-33-19-12-10-17-31(33)32-18-11-13-20-34(32)35)39(47)50-27(3)24-41-38(46)29(14-5-2)23-37(45)42-30(25-44)22-28-15-8-7-9-16-28/h4-5,7-13,15-20,27,29-30,35-36,44H,1-2,6,14,21-26H2,3H3,(H,41,46)(H,42,45)(H,43,48)/t27-,29+,30+,36-/m0/s1. The predicted octanol–water partition coefficient (Wildman–Crippen LogP) is 5.21. The van der Waals surface area contributed by atoms with E-state index in [2.05, 4.69) is 41.2 Å². The number of nitrogens with one attached hydrogen (secondary N) is 3. The molecule has 10 heteroatoms. The van der Waals surface area contributed by atoms with Gasteiger partial charge < -0.3 is 30.5 Å².